The standard InChI is InChI=1S/C14H22N2O5/c1-14(12(18)19)7-3-4-9-16(14)13(20)15-8-5-6-10(15)11(17)21-2/h10H,3-9H2,1-2H3,(H,18,19). The van der Waals surface area contributed by atoms with Crippen LogP contribution in [0.3, 0.4) is 0 Å². The molecule has 2 rings (SSSR count). The highest BCUT2D eigenvalue weighted by Gasteiger charge is 2.47. The van der Waals surface area contributed by atoms with Gasteiger partial charge in [0.15, 0.2) is 0 Å². The second-order valence-corrected chi connectivity index (χ2v) is 5.84. The zero-order valence-corrected chi connectivity index (χ0v) is 12.5. The second-order valence-electron chi connectivity index (χ2n) is 5.84. The monoisotopic (exact) mass is 298 g/mol. The van der Waals surface area contributed by atoms with Crippen LogP contribution in [0.5, 0.6) is 0 Å². The molecule has 7 heteroatoms. The van der Waals surface area contributed by atoms with Crippen molar-refractivity contribution < 1.29 is 24.2 Å². The summed E-state index contributed by atoms with van der Waals surface area (Å²) >= 11 is 0. The number of hydrogen-bond acceptors (Lipinski definition) is 4. The molecule has 0 aromatic rings. The molecule has 0 aromatic carbocycles. The van der Waals surface area contributed by atoms with E-state index < -0.39 is 23.5 Å². The van der Waals surface area contributed by atoms with E-state index in [2.05, 4.69) is 0 Å². The van der Waals surface area contributed by atoms with Crippen molar-refractivity contribution in [2.45, 2.75) is 50.6 Å². The van der Waals surface area contributed by atoms with Gasteiger partial charge in [-0.2, -0.15) is 0 Å². The van der Waals surface area contributed by atoms with E-state index in [-0.39, 0.29) is 6.03 Å². The van der Waals surface area contributed by atoms with Crippen LogP contribution >= 0.6 is 0 Å². The molecule has 7 nitrogen and oxygen atoms in total. The first-order chi connectivity index (χ1) is 9.91. The number of carboxylic acids is 1. The van der Waals surface area contributed by atoms with Crippen molar-refractivity contribution in [1.29, 1.82) is 0 Å². The number of rotatable bonds is 2. The summed E-state index contributed by atoms with van der Waals surface area (Å²) in [5.74, 6) is -1.43. The predicted octanol–water partition coefficient (Wildman–Crippen LogP) is 1.07. The van der Waals surface area contributed by atoms with Crippen LogP contribution in [0.25, 0.3) is 0 Å². The second kappa shape index (κ2) is 5.91. The summed E-state index contributed by atoms with van der Waals surface area (Å²) in [4.78, 5) is 38.9. The van der Waals surface area contributed by atoms with Gasteiger partial charge in [-0.3, -0.25) is 0 Å². The molecule has 2 aliphatic rings. The number of amides is 2. The molecule has 2 unspecified atom stereocenters. The van der Waals surface area contributed by atoms with Crippen LogP contribution in [0.1, 0.15) is 39.0 Å². The van der Waals surface area contributed by atoms with E-state index >= 15 is 0 Å². The quantitative estimate of drug-likeness (QED) is 0.771. The van der Waals surface area contributed by atoms with Gasteiger partial charge in [-0.15, -0.1) is 0 Å². The summed E-state index contributed by atoms with van der Waals surface area (Å²) in [5.41, 5.74) is -1.20. The predicted molar refractivity (Wildman–Crippen MR) is 73.7 cm³/mol. The third-order valence-corrected chi connectivity index (χ3v) is 4.55. The summed E-state index contributed by atoms with van der Waals surface area (Å²) in [7, 11) is 1.30. The number of urea groups is 1. The summed E-state index contributed by atoms with van der Waals surface area (Å²) in [6.45, 7) is 2.45. The maximum atomic E-state index is 12.7. The van der Waals surface area contributed by atoms with Gasteiger partial charge >= 0.3 is 18.0 Å². The number of carboxylic acid groups (broad SMARTS) is 1. The van der Waals surface area contributed by atoms with E-state index in [0.29, 0.717) is 25.9 Å². The molecule has 2 fully saturated rings. The first-order valence-electron chi connectivity index (χ1n) is 7.31. The number of piperidine rings is 1. The number of carbonyl (C=O) groups is 3. The van der Waals surface area contributed by atoms with Crippen LogP contribution in [-0.4, -0.2) is 64.7 Å². The van der Waals surface area contributed by atoms with E-state index in [1.54, 1.807) is 6.92 Å². The normalized spacial score (nSPS) is 29.3. The maximum Gasteiger partial charge on any atom is 0.329 e. The molecule has 0 radical (unpaired) electrons. The molecule has 0 saturated carbocycles. The molecular formula is C14H22N2O5. The first-order valence-corrected chi connectivity index (χ1v) is 7.31. The van der Waals surface area contributed by atoms with Crippen LogP contribution in [-0.2, 0) is 14.3 Å². The molecule has 21 heavy (non-hydrogen) atoms. The summed E-state index contributed by atoms with van der Waals surface area (Å²) in [6.07, 6.45) is 3.29. The molecule has 0 spiro atoms. The molecule has 0 aromatic heterocycles. The van der Waals surface area contributed by atoms with Gasteiger partial charge in [-0.1, -0.05) is 0 Å². The highest BCUT2D eigenvalue weighted by Crippen LogP contribution is 2.31. The van der Waals surface area contributed by atoms with Crippen molar-refractivity contribution in [1.82, 2.24) is 9.80 Å². The maximum absolute atomic E-state index is 12.7. The van der Waals surface area contributed by atoms with Crippen molar-refractivity contribution in [3.8, 4) is 0 Å². The van der Waals surface area contributed by atoms with Gasteiger partial charge in [0, 0.05) is 13.1 Å². The molecular weight excluding hydrogens is 276 g/mol. The average Bonchev–Trinajstić information content (AvgIpc) is 2.95. The Labute approximate surface area is 123 Å². The molecule has 2 saturated heterocycles. The lowest BCUT2D eigenvalue weighted by molar-refractivity contribution is -0.151. The molecule has 0 aliphatic carbocycles. The van der Waals surface area contributed by atoms with Gasteiger partial charge in [0.25, 0.3) is 0 Å². The Kier molecular flexibility index (Phi) is 4.39. The molecule has 118 valence electrons. The Balaban J connectivity index is 2.21. The number of aliphatic carboxylic acids is 1. The molecule has 2 heterocycles. The Hall–Kier alpha value is -1.79. The lowest BCUT2D eigenvalue weighted by atomic mass is 9.89. The van der Waals surface area contributed by atoms with Crippen LogP contribution < -0.4 is 0 Å². The van der Waals surface area contributed by atoms with Crippen molar-refractivity contribution in [3.63, 3.8) is 0 Å². The first kappa shape index (κ1) is 15.6. The van der Waals surface area contributed by atoms with Gasteiger partial charge in [0.1, 0.15) is 11.6 Å². The fourth-order valence-corrected chi connectivity index (χ4v) is 3.18. The molecule has 1 N–H and O–H groups in total. The number of ether oxygens (including phenoxy) is 1. The van der Waals surface area contributed by atoms with Gasteiger partial charge in [-0.25, -0.2) is 14.4 Å². The van der Waals surface area contributed by atoms with Gasteiger partial charge in [0.2, 0.25) is 0 Å². The number of hydrogen-bond donors (Lipinski definition) is 1. The Bertz CT molecular complexity index is 453. The largest absolute Gasteiger partial charge is 0.480 e. The fourth-order valence-electron chi connectivity index (χ4n) is 3.18. The highest BCUT2D eigenvalue weighted by atomic mass is 16.5. The molecule has 2 atom stereocenters. The Morgan fingerprint density at radius 3 is 2.52 bits per heavy atom. The van der Waals surface area contributed by atoms with Crippen molar-refractivity contribution in [2.75, 3.05) is 20.2 Å². The minimum Gasteiger partial charge on any atom is -0.480 e. The fraction of sp³-hybridized carbons (Fsp3) is 0.786. The van der Waals surface area contributed by atoms with Gasteiger partial charge in [0.05, 0.1) is 7.11 Å². The SMILES string of the molecule is COC(=O)C1CCCN1C(=O)N1CCCCC1(C)C(=O)O. The minimum absolute atomic E-state index is 0.368. The van der Waals surface area contributed by atoms with E-state index in [1.807, 2.05) is 0 Å². The third-order valence-electron chi connectivity index (χ3n) is 4.55. The van der Waals surface area contributed by atoms with Crippen LogP contribution in [0.4, 0.5) is 4.79 Å². The van der Waals surface area contributed by atoms with Crippen LogP contribution in [0.15, 0.2) is 0 Å². The Morgan fingerprint density at radius 1 is 1.19 bits per heavy atom. The summed E-state index contributed by atoms with van der Waals surface area (Å²) < 4.78 is 4.73. The molecule has 2 amide bonds. The lowest BCUT2D eigenvalue weighted by Gasteiger charge is -2.43. The number of likely N-dealkylation sites (tertiary alicyclic amines) is 2. The zero-order chi connectivity index (χ0) is 15.6. The minimum atomic E-state index is -1.20. The number of methoxy groups -OCH3 is 1. The number of esters is 1. The van der Waals surface area contributed by atoms with Crippen LogP contribution in [0.2, 0.25) is 0 Å². The van der Waals surface area contributed by atoms with E-state index in [1.165, 1.54) is 16.9 Å². The van der Waals surface area contributed by atoms with Crippen molar-refractivity contribution >= 4 is 18.0 Å². The lowest BCUT2D eigenvalue weighted by Crippen LogP contribution is -2.61. The van der Waals surface area contributed by atoms with Crippen molar-refractivity contribution in [3.05, 3.63) is 0 Å². The molecule has 2 aliphatic heterocycles. The van der Waals surface area contributed by atoms with Crippen LogP contribution in [0, 0.1) is 0 Å². The number of carbonyl (C=O) groups excluding carboxylic acids is 2. The Morgan fingerprint density at radius 2 is 1.90 bits per heavy atom. The van der Waals surface area contributed by atoms with E-state index in [9.17, 15) is 19.5 Å². The summed E-state index contributed by atoms with van der Waals surface area (Å²) in [5, 5.41) is 9.48. The average molecular weight is 298 g/mol. The number of nitrogens with zero attached hydrogens (tertiary/aromatic N) is 2. The third kappa shape index (κ3) is 2.69. The van der Waals surface area contributed by atoms with Gasteiger partial charge in [-0.05, 0) is 39.0 Å². The molecule has 0 bridgehead atoms. The highest BCUT2D eigenvalue weighted by molar-refractivity contribution is 5.89. The van der Waals surface area contributed by atoms with E-state index in [4.69, 9.17) is 4.74 Å². The topological polar surface area (TPSA) is 87.2 Å². The van der Waals surface area contributed by atoms with Gasteiger partial charge < -0.3 is 19.6 Å². The summed E-state index contributed by atoms with van der Waals surface area (Å²) in [6, 6.07) is -0.963. The smallest absolute Gasteiger partial charge is 0.329 e. The van der Waals surface area contributed by atoms with Crippen molar-refractivity contribution in [2.24, 2.45) is 0 Å². The zero-order valence-electron chi connectivity index (χ0n) is 12.5. The van der Waals surface area contributed by atoms with E-state index in [0.717, 1.165) is 19.3 Å².